The van der Waals surface area contributed by atoms with Crippen molar-refractivity contribution in [3.05, 3.63) is 58.5 Å². The van der Waals surface area contributed by atoms with Crippen LogP contribution in [0.3, 0.4) is 0 Å². The third-order valence-electron chi connectivity index (χ3n) is 5.79. The molecule has 3 heterocycles. The van der Waals surface area contributed by atoms with Crippen LogP contribution in [0, 0.1) is 13.8 Å². The number of piperidine rings is 1. The molecule has 0 bridgehead atoms. The average Bonchev–Trinajstić information content (AvgIpc) is 3.04. The summed E-state index contributed by atoms with van der Waals surface area (Å²) in [6.07, 6.45) is 2.07. The summed E-state index contributed by atoms with van der Waals surface area (Å²) in [7, 11) is 0. The first-order chi connectivity index (χ1) is 13.9. The highest BCUT2D eigenvalue weighted by atomic mass is 16.2. The van der Waals surface area contributed by atoms with E-state index in [-0.39, 0.29) is 11.8 Å². The molecule has 1 atom stereocenters. The van der Waals surface area contributed by atoms with Gasteiger partial charge in [0.15, 0.2) is 0 Å². The molecule has 1 saturated heterocycles. The number of primary amides is 1. The standard InChI is InChI=1S/C22H25N5O2/c1-13-17(14(2)26-25-13)11-20(28)27-9-5-7-16(12-27)21-18(22(23)29)10-15-6-3-4-8-19(15)24-21/h3-4,6,8,10,16H,5,7,9,11-12H2,1-2H3,(H2,23,29)(H,25,26). The highest BCUT2D eigenvalue weighted by molar-refractivity contribution is 5.97. The summed E-state index contributed by atoms with van der Waals surface area (Å²) in [5, 5.41) is 8.00. The van der Waals surface area contributed by atoms with Gasteiger partial charge in [-0.25, -0.2) is 0 Å². The first-order valence-corrected chi connectivity index (χ1v) is 9.91. The van der Waals surface area contributed by atoms with Crippen molar-refractivity contribution in [2.45, 2.75) is 39.0 Å². The number of amides is 2. The Morgan fingerprint density at radius 3 is 2.79 bits per heavy atom. The van der Waals surface area contributed by atoms with E-state index in [1.165, 1.54) is 0 Å². The summed E-state index contributed by atoms with van der Waals surface area (Å²) >= 11 is 0. The van der Waals surface area contributed by atoms with Crippen molar-refractivity contribution in [1.82, 2.24) is 20.1 Å². The van der Waals surface area contributed by atoms with Crippen molar-refractivity contribution >= 4 is 22.7 Å². The largest absolute Gasteiger partial charge is 0.366 e. The molecule has 1 aliphatic heterocycles. The number of carbonyl (C=O) groups excluding carboxylic acids is 2. The summed E-state index contributed by atoms with van der Waals surface area (Å²) in [4.78, 5) is 31.7. The second kappa shape index (κ2) is 7.66. The topological polar surface area (TPSA) is 105 Å². The zero-order chi connectivity index (χ0) is 20.5. The smallest absolute Gasteiger partial charge is 0.250 e. The normalized spacial score (nSPS) is 16.9. The van der Waals surface area contributed by atoms with Crippen LogP contribution in [0.5, 0.6) is 0 Å². The fourth-order valence-corrected chi connectivity index (χ4v) is 4.16. The SMILES string of the molecule is Cc1n[nH]c(C)c1CC(=O)N1CCCC(c2nc3ccccc3cc2C(N)=O)C1. The van der Waals surface area contributed by atoms with E-state index in [0.717, 1.165) is 40.7 Å². The molecule has 3 N–H and O–H groups in total. The van der Waals surface area contributed by atoms with Crippen molar-refractivity contribution < 1.29 is 9.59 Å². The molecule has 7 nitrogen and oxygen atoms in total. The quantitative estimate of drug-likeness (QED) is 0.713. The molecule has 4 rings (SSSR count). The first kappa shape index (κ1) is 19.1. The molecule has 1 unspecified atom stereocenters. The average molecular weight is 391 g/mol. The van der Waals surface area contributed by atoms with Gasteiger partial charge in [-0.15, -0.1) is 0 Å². The zero-order valence-corrected chi connectivity index (χ0v) is 16.7. The van der Waals surface area contributed by atoms with E-state index in [2.05, 4.69) is 10.2 Å². The van der Waals surface area contributed by atoms with Crippen molar-refractivity contribution in [2.75, 3.05) is 13.1 Å². The lowest BCUT2D eigenvalue weighted by atomic mass is 9.90. The van der Waals surface area contributed by atoms with Crippen molar-refractivity contribution in [3.8, 4) is 0 Å². The molecule has 2 amide bonds. The molecule has 1 fully saturated rings. The van der Waals surface area contributed by atoms with E-state index in [4.69, 9.17) is 10.7 Å². The Balaban J connectivity index is 1.60. The molecular weight excluding hydrogens is 366 g/mol. The third kappa shape index (κ3) is 3.72. The number of aromatic amines is 1. The number of nitrogens with two attached hydrogens (primary N) is 1. The Morgan fingerprint density at radius 1 is 1.28 bits per heavy atom. The van der Waals surface area contributed by atoms with Gasteiger partial charge in [-0.05, 0) is 38.8 Å². The Labute approximate surface area is 169 Å². The van der Waals surface area contributed by atoms with Crippen LogP contribution < -0.4 is 5.73 Å². The molecule has 7 heteroatoms. The summed E-state index contributed by atoms with van der Waals surface area (Å²) in [5.41, 5.74) is 10.4. The summed E-state index contributed by atoms with van der Waals surface area (Å²) in [5.74, 6) is -0.415. The summed E-state index contributed by atoms with van der Waals surface area (Å²) in [6.45, 7) is 5.09. The van der Waals surface area contributed by atoms with Gasteiger partial charge in [0.05, 0.1) is 28.9 Å². The number of H-pyrrole nitrogens is 1. The fourth-order valence-electron chi connectivity index (χ4n) is 4.16. The minimum absolute atomic E-state index is 0.00801. The van der Waals surface area contributed by atoms with Gasteiger partial charge in [-0.2, -0.15) is 5.10 Å². The lowest BCUT2D eigenvalue weighted by molar-refractivity contribution is -0.131. The summed E-state index contributed by atoms with van der Waals surface area (Å²) < 4.78 is 0. The van der Waals surface area contributed by atoms with Gasteiger partial charge in [0, 0.05) is 35.7 Å². The Hall–Kier alpha value is -3.22. The Morgan fingerprint density at radius 2 is 2.07 bits per heavy atom. The maximum absolute atomic E-state index is 13.0. The van der Waals surface area contributed by atoms with E-state index in [0.29, 0.717) is 30.8 Å². The maximum Gasteiger partial charge on any atom is 0.250 e. The van der Waals surface area contributed by atoms with Gasteiger partial charge in [0.1, 0.15) is 0 Å². The van der Waals surface area contributed by atoms with E-state index in [1.807, 2.05) is 49.1 Å². The minimum Gasteiger partial charge on any atom is -0.366 e. The molecule has 0 spiro atoms. The zero-order valence-electron chi connectivity index (χ0n) is 16.7. The first-order valence-electron chi connectivity index (χ1n) is 9.91. The number of carbonyl (C=O) groups is 2. The number of nitrogens with one attached hydrogen (secondary N) is 1. The lowest BCUT2D eigenvalue weighted by Gasteiger charge is -2.33. The molecule has 150 valence electrons. The van der Waals surface area contributed by atoms with Crippen LogP contribution in [-0.4, -0.2) is 45.0 Å². The minimum atomic E-state index is -0.480. The molecule has 29 heavy (non-hydrogen) atoms. The second-order valence-corrected chi connectivity index (χ2v) is 7.75. The number of hydrogen-bond donors (Lipinski definition) is 2. The van der Waals surface area contributed by atoms with Gasteiger partial charge in [0.2, 0.25) is 5.91 Å². The maximum atomic E-state index is 13.0. The van der Waals surface area contributed by atoms with Crippen molar-refractivity contribution in [1.29, 1.82) is 0 Å². The van der Waals surface area contributed by atoms with Crippen LogP contribution in [0.4, 0.5) is 0 Å². The molecule has 1 aliphatic rings. The molecule has 0 saturated carbocycles. The number of aromatic nitrogens is 3. The number of rotatable bonds is 4. The van der Waals surface area contributed by atoms with Gasteiger partial charge in [-0.3, -0.25) is 19.7 Å². The summed E-state index contributed by atoms with van der Waals surface area (Å²) in [6, 6.07) is 9.51. The molecule has 0 aliphatic carbocycles. The van der Waals surface area contributed by atoms with E-state index in [1.54, 1.807) is 0 Å². The number of benzene rings is 1. The number of pyridine rings is 1. The molecule has 1 aromatic carbocycles. The lowest BCUT2D eigenvalue weighted by Crippen LogP contribution is -2.40. The Kier molecular flexibility index (Phi) is 5.05. The number of hydrogen-bond acceptors (Lipinski definition) is 4. The van der Waals surface area contributed by atoms with Crippen LogP contribution in [0.15, 0.2) is 30.3 Å². The van der Waals surface area contributed by atoms with E-state index < -0.39 is 5.91 Å². The van der Waals surface area contributed by atoms with Gasteiger partial charge in [0.25, 0.3) is 5.91 Å². The van der Waals surface area contributed by atoms with E-state index >= 15 is 0 Å². The van der Waals surface area contributed by atoms with Crippen LogP contribution in [0.2, 0.25) is 0 Å². The third-order valence-corrected chi connectivity index (χ3v) is 5.79. The van der Waals surface area contributed by atoms with Gasteiger partial charge in [-0.1, -0.05) is 18.2 Å². The highest BCUT2D eigenvalue weighted by Gasteiger charge is 2.29. The van der Waals surface area contributed by atoms with E-state index in [9.17, 15) is 9.59 Å². The number of para-hydroxylation sites is 1. The molecule has 0 radical (unpaired) electrons. The van der Waals surface area contributed by atoms with Crippen LogP contribution >= 0.6 is 0 Å². The predicted molar refractivity (Wildman–Crippen MR) is 111 cm³/mol. The number of nitrogens with zero attached hydrogens (tertiary/aromatic N) is 3. The monoisotopic (exact) mass is 391 g/mol. The molecule has 3 aromatic rings. The van der Waals surface area contributed by atoms with Crippen LogP contribution in [0.25, 0.3) is 10.9 Å². The number of likely N-dealkylation sites (tertiary alicyclic amines) is 1. The van der Waals surface area contributed by atoms with Gasteiger partial charge >= 0.3 is 0 Å². The van der Waals surface area contributed by atoms with Crippen molar-refractivity contribution in [3.63, 3.8) is 0 Å². The van der Waals surface area contributed by atoms with Crippen molar-refractivity contribution in [2.24, 2.45) is 5.73 Å². The fraction of sp³-hybridized carbons (Fsp3) is 0.364. The molecule has 2 aromatic heterocycles. The Bertz CT molecular complexity index is 1070. The second-order valence-electron chi connectivity index (χ2n) is 7.75. The number of aryl methyl sites for hydroxylation is 2. The van der Waals surface area contributed by atoms with Gasteiger partial charge < -0.3 is 10.6 Å². The van der Waals surface area contributed by atoms with Crippen LogP contribution in [-0.2, 0) is 11.2 Å². The highest BCUT2D eigenvalue weighted by Crippen LogP contribution is 2.30. The predicted octanol–water partition coefficient (Wildman–Crippen LogP) is 2.62. The van der Waals surface area contributed by atoms with Crippen LogP contribution in [0.1, 0.15) is 51.8 Å². The number of fused-ring (bicyclic) bond motifs is 1. The molecular formula is C22H25N5O2.